The molecular weight excluding hydrogens is 392 g/mol. The number of carboxylic acid groups (broad SMARTS) is 1. The average molecular weight is 413 g/mol. The highest BCUT2D eigenvalue weighted by Crippen LogP contribution is 2.42. The number of aromatic nitrogens is 1. The fraction of sp³-hybridized carbons (Fsp3) is 0.476. The third-order valence-electron chi connectivity index (χ3n) is 6.44. The van der Waals surface area contributed by atoms with Gasteiger partial charge in [0.15, 0.2) is 0 Å². The number of anilines is 1. The number of carbonyl (C=O) groups is 1. The molecule has 2 aliphatic heterocycles. The molecule has 7 nitrogen and oxygen atoms in total. The Kier molecular flexibility index (Phi) is 4.30. The molecule has 1 aromatic heterocycles. The zero-order valence-electron chi connectivity index (χ0n) is 15.8. The van der Waals surface area contributed by atoms with Gasteiger partial charge in [-0.25, -0.2) is 4.79 Å². The molecule has 2 saturated heterocycles. The van der Waals surface area contributed by atoms with E-state index in [-0.39, 0.29) is 17.0 Å². The number of hydrogen-bond acceptors (Lipinski definition) is 5. The molecule has 150 valence electrons. The fourth-order valence-electron chi connectivity index (χ4n) is 4.92. The van der Waals surface area contributed by atoms with Crippen LogP contribution in [0.5, 0.6) is 0 Å². The van der Waals surface area contributed by atoms with Crippen molar-refractivity contribution in [2.24, 2.45) is 5.92 Å². The molecule has 0 radical (unpaired) electrons. The molecule has 2 atom stereocenters. The number of nitrogens with one attached hydrogen (secondary N) is 1. The molecule has 1 saturated carbocycles. The zero-order chi connectivity index (χ0) is 20.3. The average Bonchev–Trinajstić information content (AvgIpc) is 3.45. The van der Waals surface area contributed by atoms with Crippen LogP contribution in [0, 0.1) is 17.2 Å². The number of benzene rings is 1. The van der Waals surface area contributed by atoms with Crippen LogP contribution in [-0.4, -0.2) is 41.3 Å². The minimum atomic E-state index is -1.26. The minimum Gasteiger partial charge on any atom is -0.477 e. The first kappa shape index (κ1) is 18.5. The number of rotatable bonds is 3. The van der Waals surface area contributed by atoms with Gasteiger partial charge in [0, 0.05) is 36.8 Å². The topological polar surface area (TPSA) is 98.4 Å². The van der Waals surface area contributed by atoms with Crippen LogP contribution < -0.4 is 15.6 Å². The van der Waals surface area contributed by atoms with Gasteiger partial charge in [-0.1, -0.05) is 11.6 Å². The Labute approximate surface area is 172 Å². The van der Waals surface area contributed by atoms with Crippen molar-refractivity contribution in [1.29, 1.82) is 5.26 Å². The maximum absolute atomic E-state index is 12.8. The number of piperidine rings is 1. The lowest BCUT2D eigenvalue weighted by atomic mass is 9.94. The summed E-state index contributed by atoms with van der Waals surface area (Å²) in [6.07, 6.45) is 5.49. The van der Waals surface area contributed by atoms with Crippen LogP contribution in [0.3, 0.4) is 0 Å². The Balaban J connectivity index is 1.74. The summed E-state index contributed by atoms with van der Waals surface area (Å²) in [5.74, 6) is -0.748. The van der Waals surface area contributed by atoms with Crippen molar-refractivity contribution in [1.82, 2.24) is 9.88 Å². The molecule has 1 aromatic carbocycles. The summed E-state index contributed by atoms with van der Waals surface area (Å²) in [6.45, 7) is 2.59. The SMILES string of the molecule is N#Cc1c(N2C[C@H]3CCCN[C@H]3C2)c(Cl)cc2c(=O)c(C(=O)O)cn(C3CC3)c12. The summed E-state index contributed by atoms with van der Waals surface area (Å²) in [5.41, 5.74) is 0.661. The summed E-state index contributed by atoms with van der Waals surface area (Å²) in [6, 6.07) is 4.32. The lowest BCUT2D eigenvalue weighted by molar-refractivity contribution is 0.0695. The van der Waals surface area contributed by atoms with Crippen molar-refractivity contribution in [3.05, 3.63) is 38.6 Å². The van der Waals surface area contributed by atoms with Gasteiger partial charge in [0.2, 0.25) is 5.43 Å². The highest BCUT2D eigenvalue weighted by atomic mass is 35.5. The molecule has 0 unspecified atom stereocenters. The Morgan fingerprint density at radius 1 is 1.31 bits per heavy atom. The van der Waals surface area contributed by atoms with Gasteiger partial charge in [-0.3, -0.25) is 4.79 Å². The van der Waals surface area contributed by atoms with E-state index in [1.165, 1.54) is 6.20 Å². The normalized spacial score (nSPS) is 23.8. The number of pyridine rings is 1. The third-order valence-corrected chi connectivity index (χ3v) is 6.73. The Hall–Kier alpha value is -2.56. The van der Waals surface area contributed by atoms with Gasteiger partial charge in [0.05, 0.1) is 16.2 Å². The van der Waals surface area contributed by atoms with E-state index in [9.17, 15) is 20.0 Å². The van der Waals surface area contributed by atoms with E-state index in [1.807, 2.05) is 0 Å². The smallest absolute Gasteiger partial charge is 0.341 e. The van der Waals surface area contributed by atoms with Crippen LogP contribution in [-0.2, 0) is 0 Å². The number of nitriles is 1. The van der Waals surface area contributed by atoms with Crippen LogP contribution in [0.1, 0.15) is 47.6 Å². The van der Waals surface area contributed by atoms with E-state index >= 15 is 0 Å². The van der Waals surface area contributed by atoms with Gasteiger partial charge in [-0.2, -0.15) is 5.26 Å². The van der Waals surface area contributed by atoms with E-state index in [0.717, 1.165) is 45.3 Å². The second-order valence-electron chi connectivity index (χ2n) is 8.27. The van der Waals surface area contributed by atoms with E-state index in [1.54, 1.807) is 10.6 Å². The fourth-order valence-corrected chi connectivity index (χ4v) is 5.24. The first-order chi connectivity index (χ1) is 14.0. The van der Waals surface area contributed by atoms with Crippen molar-refractivity contribution in [2.75, 3.05) is 24.5 Å². The quantitative estimate of drug-likeness (QED) is 0.804. The molecule has 5 rings (SSSR count). The number of nitrogens with zero attached hydrogens (tertiary/aromatic N) is 3. The van der Waals surface area contributed by atoms with Gasteiger partial charge in [-0.15, -0.1) is 0 Å². The molecule has 3 fully saturated rings. The molecule has 29 heavy (non-hydrogen) atoms. The lowest BCUT2D eigenvalue weighted by Gasteiger charge is -2.24. The summed E-state index contributed by atoms with van der Waals surface area (Å²) in [5, 5.41) is 23.6. The van der Waals surface area contributed by atoms with Crippen molar-refractivity contribution in [3.63, 3.8) is 0 Å². The van der Waals surface area contributed by atoms with Crippen molar-refractivity contribution >= 4 is 34.2 Å². The maximum Gasteiger partial charge on any atom is 0.341 e. The molecule has 0 spiro atoms. The molecule has 8 heteroatoms. The van der Waals surface area contributed by atoms with Crippen molar-refractivity contribution in [3.8, 4) is 6.07 Å². The molecule has 2 N–H and O–H groups in total. The number of fused-ring (bicyclic) bond motifs is 2. The van der Waals surface area contributed by atoms with E-state index < -0.39 is 11.4 Å². The molecule has 3 heterocycles. The number of hydrogen-bond donors (Lipinski definition) is 2. The monoisotopic (exact) mass is 412 g/mol. The minimum absolute atomic E-state index is 0.111. The van der Waals surface area contributed by atoms with Gasteiger partial charge >= 0.3 is 5.97 Å². The first-order valence-electron chi connectivity index (χ1n) is 10.0. The van der Waals surface area contributed by atoms with Gasteiger partial charge in [-0.05, 0) is 44.2 Å². The molecule has 0 amide bonds. The van der Waals surface area contributed by atoms with E-state index in [4.69, 9.17) is 11.6 Å². The van der Waals surface area contributed by atoms with Gasteiger partial charge in [0.1, 0.15) is 17.2 Å². The standard InChI is InChI=1S/C21H21ClN4O3/c22-16-6-13-18(26(12-3-4-12)9-15(20(13)27)21(28)29)14(7-23)19(16)25-8-11-2-1-5-24-17(11)10-25/h6,9,11-12,17,24H,1-5,8,10H2,(H,28,29)/t11-,17+/m1/s1. The molecular formula is C21H21ClN4O3. The first-order valence-corrected chi connectivity index (χ1v) is 10.4. The highest BCUT2D eigenvalue weighted by Gasteiger charge is 2.37. The van der Waals surface area contributed by atoms with Crippen molar-refractivity contribution < 1.29 is 9.90 Å². The Morgan fingerprint density at radius 3 is 2.76 bits per heavy atom. The zero-order valence-corrected chi connectivity index (χ0v) is 16.6. The van der Waals surface area contributed by atoms with Crippen LogP contribution in [0.25, 0.3) is 10.9 Å². The predicted octanol–water partition coefficient (Wildman–Crippen LogP) is 2.75. The Morgan fingerprint density at radius 2 is 2.10 bits per heavy atom. The molecule has 1 aliphatic carbocycles. The van der Waals surface area contributed by atoms with Gasteiger partial charge in [0.25, 0.3) is 0 Å². The van der Waals surface area contributed by atoms with Gasteiger partial charge < -0.3 is 19.9 Å². The number of halogens is 1. The van der Waals surface area contributed by atoms with Crippen LogP contribution in [0.4, 0.5) is 5.69 Å². The third kappa shape index (κ3) is 2.90. The highest BCUT2D eigenvalue weighted by molar-refractivity contribution is 6.34. The second kappa shape index (κ2) is 6.75. The molecule has 2 aromatic rings. The van der Waals surface area contributed by atoms with Crippen molar-refractivity contribution in [2.45, 2.75) is 37.8 Å². The van der Waals surface area contributed by atoms with E-state index in [2.05, 4.69) is 16.3 Å². The summed E-state index contributed by atoms with van der Waals surface area (Å²) < 4.78 is 1.81. The summed E-state index contributed by atoms with van der Waals surface area (Å²) >= 11 is 6.61. The van der Waals surface area contributed by atoms with E-state index in [0.29, 0.717) is 33.7 Å². The van der Waals surface area contributed by atoms with Crippen LogP contribution in [0.15, 0.2) is 17.1 Å². The summed E-state index contributed by atoms with van der Waals surface area (Å²) in [4.78, 5) is 26.6. The van der Waals surface area contributed by atoms with Crippen LogP contribution in [0.2, 0.25) is 5.02 Å². The maximum atomic E-state index is 12.8. The molecule has 0 bridgehead atoms. The predicted molar refractivity (Wildman–Crippen MR) is 110 cm³/mol. The Bertz CT molecular complexity index is 1120. The second-order valence-corrected chi connectivity index (χ2v) is 8.68. The number of aromatic carboxylic acids is 1. The lowest BCUT2D eigenvalue weighted by Crippen LogP contribution is -2.40. The largest absolute Gasteiger partial charge is 0.477 e. The van der Waals surface area contributed by atoms with Crippen LogP contribution >= 0.6 is 11.6 Å². The summed E-state index contributed by atoms with van der Waals surface area (Å²) in [7, 11) is 0. The number of carboxylic acids is 1. The molecule has 3 aliphatic rings.